The maximum Gasteiger partial charge on any atom is 0.307 e. The van der Waals surface area contributed by atoms with Crippen molar-refractivity contribution in [3.63, 3.8) is 0 Å². The Hall–Kier alpha value is -1.01. The molecule has 1 aliphatic rings. The highest BCUT2D eigenvalue weighted by molar-refractivity contribution is 6.36. The highest BCUT2D eigenvalue weighted by Crippen LogP contribution is 2.25. The zero-order valence-electron chi connectivity index (χ0n) is 11.7. The minimum absolute atomic E-state index is 0. The number of benzene rings is 1. The van der Waals surface area contributed by atoms with Crippen LogP contribution < -0.4 is 5.32 Å². The molecule has 1 heterocycles. The van der Waals surface area contributed by atoms with Crippen LogP contribution >= 0.6 is 35.6 Å². The lowest BCUT2D eigenvalue weighted by atomic mass is 9.98. The molecule has 1 aromatic rings. The standard InChI is InChI=1S/C14H16Cl2N2O3.ClH/c15-10-3-4-12(11(16)6-10)17-13(19)8-18-5-1-2-9(7-18)14(20)21;/h3-4,6,9H,1-2,5,7-8H2,(H,17,19)(H,20,21);1H. The Bertz CT molecular complexity index is 554. The number of aliphatic carboxylic acids is 1. The summed E-state index contributed by atoms with van der Waals surface area (Å²) in [5.74, 6) is -1.42. The van der Waals surface area contributed by atoms with Gasteiger partial charge < -0.3 is 10.4 Å². The van der Waals surface area contributed by atoms with Crippen LogP contribution in [-0.2, 0) is 9.59 Å². The summed E-state index contributed by atoms with van der Waals surface area (Å²) in [4.78, 5) is 24.8. The molecule has 0 aromatic heterocycles. The quantitative estimate of drug-likeness (QED) is 0.857. The number of halogens is 3. The van der Waals surface area contributed by atoms with E-state index in [0.29, 0.717) is 28.7 Å². The van der Waals surface area contributed by atoms with Gasteiger partial charge in [0.25, 0.3) is 0 Å². The molecule has 0 saturated carbocycles. The summed E-state index contributed by atoms with van der Waals surface area (Å²) in [7, 11) is 0. The predicted molar refractivity (Wildman–Crippen MR) is 89.1 cm³/mol. The summed E-state index contributed by atoms with van der Waals surface area (Å²) in [6.45, 7) is 1.28. The molecule has 2 rings (SSSR count). The highest BCUT2D eigenvalue weighted by atomic mass is 35.5. The summed E-state index contributed by atoms with van der Waals surface area (Å²) in [6, 6.07) is 4.84. The third-order valence-electron chi connectivity index (χ3n) is 3.43. The molecule has 0 bridgehead atoms. The molecule has 0 radical (unpaired) electrons. The van der Waals surface area contributed by atoms with Crippen LogP contribution in [0, 0.1) is 5.92 Å². The first-order chi connectivity index (χ1) is 9.95. The van der Waals surface area contributed by atoms with Gasteiger partial charge in [-0.25, -0.2) is 0 Å². The second-order valence-electron chi connectivity index (χ2n) is 5.08. The average molecular weight is 368 g/mol. The van der Waals surface area contributed by atoms with Crippen LogP contribution in [0.1, 0.15) is 12.8 Å². The molecule has 1 aliphatic heterocycles. The van der Waals surface area contributed by atoms with Crippen molar-refractivity contribution in [1.29, 1.82) is 0 Å². The first kappa shape index (κ1) is 19.0. The van der Waals surface area contributed by atoms with E-state index < -0.39 is 11.9 Å². The van der Waals surface area contributed by atoms with Gasteiger partial charge >= 0.3 is 5.97 Å². The monoisotopic (exact) mass is 366 g/mol. The highest BCUT2D eigenvalue weighted by Gasteiger charge is 2.26. The molecule has 5 nitrogen and oxygen atoms in total. The number of anilines is 1. The summed E-state index contributed by atoms with van der Waals surface area (Å²) in [5.41, 5.74) is 0.498. The van der Waals surface area contributed by atoms with E-state index >= 15 is 0 Å². The van der Waals surface area contributed by atoms with E-state index in [-0.39, 0.29) is 24.9 Å². The van der Waals surface area contributed by atoms with Gasteiger partial charge in [0.05, 0.1) is 23.2 Å². The van der Waals surface area contributed by atoms with Crippen LogP contribution in [0.4, 0.5) is 5.69 Å². The average Bonchev–Trinajstić information content (AvgIpc) is 2.42. The molecule has 22 heavy (non-hydrogen) atoms. The van der Waals surface area contributed by atoms with E-state index in [2.05, 4.69) is 5.32 Å². The fourth-order valence-corrected chi connectivity index (χ4v) is 2.84. The lowest BCUT2D eigenvalue weighted by Gasteiger charge is -2.29. The van der Waals surface area contributed by atoms with Gasteiger partial charge in [0, 0.05) is 11.6 Å². The Morgan fingerprint density at radius 2 is 2.09 bits per heavy atom. The van der Waals surface area contributed by atoms with Gasteiger partial charge in [0.1, 0.15) is 0 Å². The number of carbonyl (C=O) groups is 2. The third kappa shape index (κ3) is 5.32. The minimum atomic E-state index is -0.805. The number of rotatable bonds is 4. The van der Waals surface area contributed by atoms with Gasteiger partial charge in [-0.1, -0.05) is 23.2 Å². The molecule has 2 N–H and O–H groups in total. The van der Waals surface area contributed by atoms with E-state index in [1.54, 1.807) is 18.2 Å². The number of hydrogen-bond acceptors (Lipinski definition) is 3. The summed E-state index contributed by atoms with van der Waals surface area (Å²) in [5, 5.41) is 12.6. The van der Waals surface area contributed by atoms with Crippen molar-refractivity contribution in [1.82, 2.24) is 4.90 Å². The van der Waals surface area contributed by atoms with Crippen LogP contribution in [0.5, 0.6) is 0 Å². The lowest BCUT2D eigenvalue weighted by Crippen LogP contribution is -2.42. The zero-order chi connectivity index (χ0) is 15.4. The molecule has 1 fully saturated rings. The minimum Gasteiger partial charge on any atom is -0.481 e. The van der Waals surface area contributed by atoms with Crippen molar-refractivity contribution in [2.45, 2.75) is 12.8 Å². The molecule has 122 valence electrons. The molecule has 1 atom stereocenters. The van der Waals surface area contributed by atoms with Crippen LogP contribution in [0.2, 0.25) is 10.0 Å². The summed E-state index contributed by atoms with van der Waals surface area (Å²) in [6.07, 6.45) is 1.45. The molecule has 1 amide bonds. The van der Waals surface area contributed by atoms with Crippen molar-refractivity contribution in [2.24, 2.45) is 5.92 Å². The normalized spacial score (nSPS) is 18.4. The Balaban J connectivity index is 0.00000242. The van der Waals surface area contributed by atoms with Gasteiger partial charge in [0.15, 0.2) is 0 Å². The molecule has 0 aliphatic carbocycles. The maximum atomic E-state index is 12.0. The third-order valence-corrected chi connectivity index (χ3v) is 3.97. The van der Waals surface area contributed by atoms with Crippen molar-refractivity contribution >= 4 is 53.2 Å². The Labute approximate surface area is 145 Å². The molecule has 1 saturated heterocycles. The number of hydrogen-bond donors (Lipinski definition) is 2. The van der Waals surface area contributed by atoms with Crippen LogP contribution in [0.15, 0.2) is 18.2 Å². The number of carbonyl (C=O) groups excluding carboxylic acids is 1. The predicted octanol–water partition coefficient (Wildman–Crippen LogP) is 3.15. The molecule has 1 unspecified atom stereocenters. The second-order valence-corrected chi connectivity index (χ2v) is 5.93. The number of carboxylic acid groups (broad SMARTS) is 1. The smallest absolute Gasteiger partial charge is 0.307 e. The van der Waals surface area contributed by atoms with Crippen LogP contribution in [0.3, 0.4) is 0 Å². The topological polar surface area (TPSA) is 69.6 Å². The fourth-order valence-electron chi connectivity index (χ4n) is 2.38. The van der Waals surface area contributed by atoms with Crippen molar-refractivity contribution in [3.8, 4) is 0 Å². The second kappa shape index (κ2) is 8.58. The van der Waals surface area contributed by atoms with Gasteiger partial charge in [-0.3, -0.25) is 14.5 Å². The number of amides is 1. The van der Waals surface area contributed by atoms with Crippen molar-refractivity contribution in [3.05, 3.63) is 28.2 Å². The Kier molecular flexibility index (Phi) is 7.42. The number of nitrogens with zero attached hydrogens (tertiary/aromatic N) is 1. The van der Waals surface area contributed by atoms with E-state index in [0.717, 1.165) is 13.0 Å². The van der Waals surface area contributed by atoms with Crippen LogP contribution in [0.25, 0.3) is 0 Å². The van der Waals surface area contributed by atoms with Crippen molar-refractivity contribution < 1.29 is 14.7 Å². The van der Waals surface area contributed by atoms with Gasteiger partial charge in [-0.2, -0.15) is 0 Å². The van der Waals surface area contributed by atoms with E-state index in [1.165, 1.54) is 0 Å². The van der Waals surface area contributed by atoms with Crippen LogP contribution in [-0.4, -0.2) is 41.5 Å². The van der Waals surface area contributed by atoms with E-state index in [9.17, 15) is 9.59 Å². The zero-order valence-corrected chi connectivity index (χ0v) is 14.0. The van der Waals surface area contributed by atoms with Gasteiger partial charge in [-0.15, -0.1) is 12.4 Å². The van der Waals surface area contributed by atoms with Gasteiger partial charge in [0.2, 0.25) is 5.91 Å². The Morgan fingerprint density at radius 1 is 1.36 bits per heavy atom. The maximum absolute atomic E-state index is 12.0. The molecular formula is C14H17Cl3N2O3. The fraction of sp³-hybridized carbons (Fsp3) is 0.429. The van der Waals surface area contributed by atoms with E-state index in [4.69, 9.17) is 28.3 Å². The lowest BCUT2D eigenvalue weighted by molar-refractivity contribution is -0.144. The number of piperidine rings is 1. The van der Waals surface area contributed by atoms with Crippen molar-refractivity contribution in [2.75, 3.05) is 25.0 Å². The molecule has 8 heteroatoms. The number of carboxylic acids is 1. The van der Waals surface area contributed by atoms with E-state index in [1.807, 2.05) is 4.90 Å². The molecular weight excluding hydrogens is 351 g/mol. The summed E-state index contributed by atoms with van der Waals surface area (Å²) < 4.78 is 0. The number of likely N-dealkylation sites (tertiary alicyclic amines) is 1. The van der Waals surface area contributed by atoms with Gasteiger partial charge in [-0.05, 0) is 37.6 Å². The molecule has 0 spiro atoms. The number of nitrogens with one attached hydrogen (secondary N) is 1. The SMILES string of the molecule is Cl.O=C(CN1CCCC(C(=O)O)C1)Nc1ccc(Cl)cc1Cl. The largest absolute Gasteiger partial charge is 0.481 e. The first-order valence-electron chi connectivity index (χ1n) is 6.66. The molecule has 1 aromatic carbocycles. The summed E-state index contributed by atoms with van der Waals surface area (Å²) >= 11 is 11.8. The first-order valence-corrected chi connectivity index (χ1v) is 7.41. The Morgan fingerprint density at radius 3 is 2.73 bits per heavy atom.